The fraction of sp³-hybridized carbons (Fsp3) is 1.00. The van der Waals surface area contributed by atoms with Gasteiger partial charge in [-0.2, -0.15) is 17.6 Å². The number of rotatable bonds is 6. The third-order valence-electron chi connectivity index (χ3n) is 1.10. The fourth-order valence-electron chi connectivity index (χ4n) is 0.795. The van der Waals surface area contributed by atoms with E-state index in [1.165, 1.54) is 0 Å². The van der Waals surface area contributed by atoms with Gasteiger partial charge in [0.1, 0.15) is 0 Å². The number of hydrogen-bond donors (Lipinski definition) is 0. The lowest BCUT2D eigenvalue weighted by Gasteiger charge is -2.29. The second-order valence-corrected chi connectivity index (χ2v) is 6.35. The van der Waals surface area contributed by atoms with Crippen LogP contribution in [0, 0.1) is 0 Å². The van der Waals surface area contributed by atoms with E-state index < -0.39 is 34.1 Å². The molecule has 0 N–H and O–H groups in total. The minimum atomic E-state index is -4.19. The van der Waals surface area contributed by atoms with Crippen LogP contribution in [0.1, 0.15) is 0 Å². The molecule has 0 fully saturated rings. The summed E-state index contributed by atoms with van der Waals surface area (Å²) in [5.41, 5.74) is 0. The molecule has 0 unspecified atom stereocenters. The molecule has 0 aliphatic rings. The number of halogens is 6. The van der Waals surface area contributed by atoms with Crippen LogP contribution in [0.4, 0.5) is 26.3 Å². The number of hydrogen-bond acceptors (Lipinski definition) is 2. The third kappa shape index (κ3) is 6.00. The zero-order valence-corrected chi connectivity index (χ0v) is 9.00. The molecule has 0 aromatic heterocycles. The predicted octanol–water partition coefficient (Wildman–Crippen LogP) is 2.85. The molecule has 92 valence electrons. The molecule has 0 amide bonds. The van der Waals surface area contributed by atoms with Crippen LogP contribution in [-0.2, 0) is 8.85 Å². The lowest BCUT2D eigenvalue weighted by atomic mass is 10.7. The van der Waals surface area contributed by atoms with Crippen LogP contribution in [0.15, 0.2) is 0 Å². The molecule has 15 heavy (non-hydrogen) atoms. The molecule has 0 aromatic rings. The second kappa shape index (κ2) is 4.70. The highest BCUT2D eigenvalue weighted by atomic mass is 28.4. The maximum atomic E-state index is 12.3. The smallest absolute Gasteiger partial charge is 0.334 e. The van der Waals surface area contributed by atoms with E-state index in [-0.39, 0.29) is 0 Å². The average Bonchev–Trinajstić information content (AvgIpc) is 2.00. The summed E-state index contributed by atoms with van der Waals surface area (Å²) in [4.78, 5) is 0. The molecule has 0 bridgehead atoms. The molecule has 2 nitrogen and oxygen atoms in total. The van der Waals surface area contributed by atoms with E-state index in [1.807, 2.05) is 0 Å². The normalized spacial score (nSPS) is 14.4. The molecule has 0 aliphatic carbocycles. The van der Waals surface area contributed by atoms with Crippen LogP contribution in [0.25, 0.3) is 0 Å². The summed E-state index contributed by atoms with van der Waals surface area (Å²) in [5, 5.41) is 0. The van der Waals surface area contributed by atoms with Gasteiger partial charge in [-0.05, 0) is 13.1 Å². The Kier molecular flexibility index (Phi) is 4.61. The Morgan fingerprint density at radius 2 is 1.13 bits per heavy atom. The second-order valence-electron chi connectivity index (χ2n) is 3.15. The first kappa shape index (κ1) is 14.7. The van der Waals surface area contributed by atoms with Gasteiger partial charge < -0.3 is 8.85 Å². The van der Waals surface area contributed by atoms with E-state index in [0.29, 0.717) is 0 Å². The molecule has 0 rings (SSSR count). The van der Waals surface area contributed by atoms with E-state index in [1.54, 1.807) is 0 Å². The summed E-state index contributed by atoms with van der Waals surface area (Å²) in [5.74, 6) is 0. The predicted molar refractivity (Wildman–Crippen MR) is 41.5 cm³/mol. The molecule has 0 aliphatic heterocycles. The van der Waals surface area contributed by atoms with Crippen molar-refractivity contribution < 1.29 is 35.2 Å². The van der Waals surface area contributed by atoms with Gasteiger partial charge in [-0.15, -0.1) is 0 Å². The van der Waals surface area contributed by atoms with Gasteiger partial charge in [-0.3, -0.25) is 0 Å². The van der Waals surface area contributed by atoms with Crippen LogP contribution < -0.4 is 0 Å². The topological polar surface area (TPSA) is 18.5 Å². The van der Waals surface area contributed by atoms with Crippen LogP contribution in [-0.4, -0.2) is 34.1 Å². The van der Waals surface area contributed by atoms with E-state index in [4.69, 9.17) is 0 Å². The van der Waals surface area contributed by atoms with E-state index in [9.17, 15) is 26.3 Å². The van der Waals surface area contributed by atoms with Gasteiger partial charge in [0.05, 0.1) is 0 Å². The zero-order chi connectivity index (χ0) is 12.3. The highest BCUT2D eigenvalue weighted by molar-refractivity contribution is 6.64. The summed E-state index contributed by atoms with van der Waals surface area (Å²) in [6, 6.07) is 0. The molecule has 0 spiro atoms. The van der Waals surface area contributed by atoms with Crippen molar-refractivity contribution >= 4 is 8.56 Å². The van der Waals surface area contributed by atoms with Crippen molar-refractivity contribution in [2.45, 2.75) is 25.3 Å². The SMILES string of the molecule is C[Si](C)(OC(F)(F)CF)OC(F)(F)CF. The van der Waals surface area contributed by atoms with Crippen molar-refractivity contribution in [3.05, 3.63) is 0 Å². The Bertz CT molecular complexity index is 190. The van der Waals surface area contributed by atoms with Crippen LogP contribution >= 0.6 is 0 Å². The van der Waals surface area contributed by atoms with Gasteiger partial charge >= 0.3 is 20.8 Å². The molecule has 9 heteroatoms. The van der Waals surface area contributed by atoms with Gasteiger partial charge in [0.25, 0.3) is 0 Å². The lowest BCUT2D eigenvalue weighted by Crippen LogP contribution is -2.48. The summed E-state index contributed by atoms with van der Waals surface area (Å²) in [6.45, 7) is -2.65. The monoisotopic (exact) mass is 256 g/mol. The molecule has 0 heterocycles. The quantitative estimate of drug-likeness (QED) is 0.537. The van der Waals surface area contributed by atoms with Gasteiger partial charge in [-0.25, -0.2) is 8.78 Å². The summed E-state index contributed by atoms with van der Waals surface area (Å²) in [6.07, 6.45) is -8.38. The first-order chi connectivity index (χ1) is 6.54. The minimum Gasteiger partial charge on any atom is -0.334 e. The molecule has 0 radical (unpaired) electrons. The van der Waals surface area contributed by atoms with E-state index in [2.05, 4.69) is 8.85 Å². The number of alkyl halides is 6. The highest BCUT2D eigenvalue weighted by Crippen LogP contribution is 2.28. The molecule has 0 saturated carbocycles. The average molecular weight is 256 g/mol. The van der Waals surface area contributed by atoms with Crippen LogP contribution in [0.3, 0.4) is 0 Å². The van der Waals surface area contributed by atoms with Crippen molar-refractivity contribution in [2.75, 3.05) is 13.3 Å². The van der Waals surface area contributed by atoms with E-state index >= 15 is 0 Å². The lowest BCUT2D eigenvalue weighted by molar-refractivity contribution is -0.241. The van der Waals surface area contributed by atoms with Crippen molar-refractivity contribution in [1.29, 1.82) is 0 Å². The Balaban J connectivity index is 4.43. The van der Waals surface area contributed by atoms with Crippen LogP contribution in [0.2, 0.25) is 13.1 Å². The largest absolute Gasteiger partial charge is 0.376 e. The first-order valence-electron chi connectivity index (χ1n) is 3.81. The zero-order valence-electron chi connectivity index (χ0n) is 8.00. The molecular weight excluding hydrogens is 246 g/mol. The summed E-state index contributed by atoms with van der Waals surface area (Å²) < 4.78 is 80.2. The Labute approximate surface area is 83.4 Å². The Morgan fingerprint density at radius 1 is 0.867 bits per heavy atom. The Hall–Kier alpha value is -0.283. The highest BCUT2D eigenvalue weighted by Gasteiger charge is 2.46. The van der Waals surface area contributed by atoms with Gasteiger partial charge in [0.15, 0.2) is 13.3 Å². The third-order valence-corrected chi connectivity index (χ3v) is 2.68. The fourth-order valence-corrected chi connectivity index (χ4v) is 2.38. The van der Waals surface area contributed by atoms with Gasteiger partial charge in [0, 0.05) is 0 Å². The minimum absolute atomic E-state index is 0.833. The maximum absolute atomic E-state index is 12.3. The molecule has 0 aromatic carbocycles. The molecular formula is C6H10F6O2Si. The van der Waals surface area contributed by atoms with E-state index in [0.717, 1.165) is 13.1 Å². The summed E-state index contributed by atoms with van der Waals surface area (Å²) >= 11 is 0. The van der Waals surface area contributed by atoms with Crippen molar-refractivity contribution in [2.24, 2.45) is 0 Å². The summed E-state index contributed by atoms with van der Waals surface area (Å²) in [7, 11) is -4.00. The first-order valence-corrected chi connectivity index (χ1v) is 6.63. The van der Waals surface area contributed by atoms with Crippen molar-refractivity contribution in [3.63, 3.8) is 0 Å². The Morgan fingerprint density at radius 3 is 1.33 bits per heavy atom. The van der Waals surface area contributed by atoms with Gasteiger partial charge in [-0.1, -0.05) is 0 Å². The van der Waals surface area contributed by atoms with Crippen LogP contribution in [0.5, 0.6) is 0 Å². The standard InChI is InChI=1S/C6H10F6O2Si/c1-15(2,13-5(9,10)3-7)14-6(11,12)4-8/h3-4H2,1-2H3. The molecule has 0 atom stereocenters. The van der Waals surface area contributed by atoms with Gasteiger partial charge in [0.2, 0.25) is 0 Å². The van der Waals surface area contributed by atoms with Crippen molar-refractivity contribution in [1.82, 2.24) is 0 Å². The molecule has 0 saturated heterocycles. The van der Waals surface area contributed by atoms with Crippen molar-refractivity contribution in [3.8, 4) is 0 Å². The maximum Gasteiger partial charge on any atom is 0.376 e.